The van der Waals surface area contributed by atoms with E-state index in [1.54, 1.807) is 13.3 Å². The van der Waals surface area contributed by atoms with Crippen LogP contribution in [0.3, 0.4) is 0 Å². The predicted octanol–water partition coefficient (Wildman–Crippen LogP) is 4.95. The van der Waals surface area contributed by atoms with Crippen LogP contribution in [0.5, 0.6) is 5.75 Å². The number of nitrogens with one attached hydrogen (secondary N) is 1. The van der Waals surface area contributed by atoms with Crippen LogP contribution in [0.25, 0.3) is 11.3 Å². The van der Waals surface area contributed by atoms with E-state index in [1.807, 2.05) is 18.2 Å². The van der Waals surface area contributed by atoms with Crippen LogP contribution in [-0.2, 0) is 0 Å². The lowest BCUT2D eigenvalue weighted by Crippen LogP contribution is -2.38. The first kappa shape index (κ1) is 20.8. The Morgan fingerprint density at radius 2 is 2.17 bits per heavy atom. The second kappa shape index (κ2) is 9.11. The van der Waals surface area contributed by atoms with Crippen LogP contribution in [0.15, 0.2) is 47.5 Å². The third-order valence-electron chi connectivity index (χ3n) is 5.40. The third kappa shape index (κ3) is 4.48. The van der Waals surface area contributed by atoms with Crippen molar-refractivity contribution in [3.8, 4) is 17.1 Å². The van der Waals surface area contributed by atoms with Gasteiger partial charge in [-0.3, -0.25) is 9.78 Å². The first-order valence-electron chi connectivity index (χ1n) is 9.74. The van der Waals surface area contributed by atoms with Gasteiger partial charge < -0.3 is 14.5 Å². The third-order valence-corrected chi connectivity index (χ3v) is 6.25. The average Bonchev–Trinajstić information content (AvgIpc) is 3.24. The number of hydrogen-bond acceptors (Lipinski definition) is 5. The summed E-state index contributed by atoms with van der Waals surface area (Å²) in [6.07, 6.45) is 7.72. The first-order chi connectivity index (χ1) is 14.5. The summed E-state index contributed by atoms with van der Waals surface area (Å²) in [5.41, 5.74) is 1.89. The number of nitrogens with zero attached hydrogens (tertiary/aromatic N) is 2. The fourth-order valence-corrected chi connectivity index (χ4v) is 4.68. The van der Waals surface area contributed by atoms with Gasteiger partial charge in [0.2, 0.25) is 0 Å². The Morgan fingerprint density at radius 1 is 1.30 bits per heavy atom. The number of amides is 1. The SMILES string of the molecule is COc1ccc(-c2ocnc2C(=O)NC2CCC[C@H](c3cncc(F)c3)C2)cc1I. The second-order valence-electron chi connectivity index (χ2n) is 7.35. The van der Waals surface area contributed by atoms with Crippen molar-refractivity contribution >= 4 is 28.5 Å². The topological polar surface area (TPSA) is 77.2 Å². The molecule has 1 aliphatic rings. The van der Waals surface area contributed by atoms with E-state index in [-0.39, 0.29) is 29.4 Å². The minimum atomic E-state index is -0.333. The van der Waals surface area contributed by atoms with E-state index in [4.69, 9.17) is 9.15 Å². The number of rotatable bonds is 5. The summed E-state index contributed by atoms with van der Waals surface area (Å²) in [4.78, 5) is 21.0. The number of aromatic nitrogens is 2. The predicted molar refractivity (Wildman–Crippen MR) is 118 cm³/mol. The maximum atomic E-state index is 13.5. The van der Waals surface area contributed by atoms with Gasteiger partial charge in [0.25, 0.3) is 5.91 Å². The Kier molecular flexibility index (Phi) is 6.31. The molecule has 30 heavy (non-hydrogen) atoms. The van der Waals surface area contributed by atoms with E-state index in [2.05, 4.69) is 37.9 Å². The maximum absolute atomic E-state index is 13.5. The van der Waals surface area contributed by atoms with E-state index < -0.39 is 0 Å². The molecule has 1 saturated carbocycles. The molecule has 0 radical (unpaired) electrons. The zero-order valence-corrected chi connectivity index (χ0v) is 18.6. The molecule has 4 rings (SSSR count). The molecule has 1 fully saturated rings. The van der Waals surface area contributed by atoms with Crippen molar-refractivity contribution in [3.63, 3.8) is 0 Å². The smallest absolute Gasteiger partial charge is 0.274 e. The molecule has 1 amide bonds. The fourth-order valence-electron chi connectivity index (χ4n) is 3.95. The number of halogens is 2. The molecule has 6 nitrogen and oxygen atoms in total. The van der Waals surface area contributed by atoms with Crippen LogP contribution < -0.4 is 10.1 Å². The van der Waals surface area contributed by atoms with Crippen LogP contribution in [0, 0.1) is 9.39 Å². The van der Waals surface area contributed by atoms with E-state index in [1.165, 1.54) is 18.7 Å². The largest absolute Gasteiger partial charge is 0.496 e. The summed E-state index contributed by atoms with van der Waals surface area (Å²) in [6.45, 7) is 0. The number of benzene rings is 1. The number of carbonyl (C=O) groups excluding carboxylic acids is 1. The monoisotopic (exact) mass is 521 g/mol. The Hall–Kier alpha value is -2.49. The number of methoxy groups -OCH3 is 1. The quantitative estimate of drug-likeness (QED) is 0.482. The van der Waals surface area contributed by atoms with Crippen molar-refractivity contribution in [1.29, 1.82) is 0 Å². The molecule has 156 valence electrons. The second-order valence-corrected chi connectivity index (χ2v) is 8.51. The lowest BCUT2D eigenvalue weighted by atomic mass is 9.82. The molecule has 2 heterocycles. The highest BCUT2D eigenvalue weighted by Gasteiger charge is 2.27. The molecule has 2 atom stereocenters. The highest BCUT2D eigenvalue weighted by atomic mass is 127. The Labute approximate surface area is 187 Å². The summed E-state index contributed by atoms with van der Waals surface area (Å²) in [7, 11) is 1.61. The normalized spacial score (nSPS) is 18.8. The summed E-state index contributed by atoms with van der Waals surface area (Å²) in [6, 6.07) is 7.08. The first-order valence-corrected chi connectivity index (χ1v) is 10.8. The Balaban J connectivity index is 1.48. The van der Waals surface area contributed by atoms with Crippen LogP contribution in [0.1, 0.15) is 47.7 Å². The zero-order chi connectivity index (χ0) is 21.1. The van der Waals surface area contributed by atoms with Gasteiger partial charge in [0.05, 0.1) is 16.9 Å². The molecule has 1 N–H and O–H groups in total. The number of hydrogen-bond donors (Lipinski definition) is 1. The van der Waals surface area contributed by atoms with Gasteiger partial charge in [-0.2, -0.15) is 0 Å². The van der Waals surface area contributed by atoms with E-state index in [0.29, 0.717) is 5.76 Å². The molecular formula is C22H21FIN3O3. The van der Waals surface area contributed by atoms with Crippen LogP contribution in [0.2, 0.25) is 0 Å². The molecule has 0 aliphatic heterocycles. The van der Waals surface area contributed by atoms with Crippen molar-refractivity contribution < 1.29 is 18.3 Å². The van der Waals surface area contributed by atoms with E-state index in [0.717, 1.165) is 46.1 Å². The molecular weight excluding hydrogens is 500 g/mol. The van der Waals surface area contributed by atoms with Crippen LogP contribution in [0.4, 0.5) is 4.39 Å². The fraction of sp³-hybridized carbons (Fsp3) is 0.318. The molecule has 3 aromatic rings. The van der Waals surface area contributed by atoms with Crippen molar-refractivity contribution in [2.45, 2.75) is 37.6 Å². The number of carbonyl (C=O) groups is 1. The van der Waals surface area contributed by atoms with Gasteiger partial charge in [-0.05, 0) is 77.6 Å². The lowest BCUT2D eigenvalue weighted by Gasteiger charge is -2.29. The van der Waals surface area contributed by atoms with Gasteiger partial charge in [-0.1, -0.05) is 6.42 Å². The van der Waals surface area contributed by atoms with Gasteiger partial charge in [0, 0.05) is 17.8 Å². The molecule has 0 spiro atoms. The minimum absolute atomic E-state index is 0.0138. The summed E-state index contributed by atoms with van der Waals surface area (Å²) < 4.78 is 25.3. The maximum Gasteiger partial charge on any atom is 0.274 e. The number of pyridine rings is 1. The zero-order valence-electron chi connectivity index (χ0n) is 16.4. The average molecular weight is 521 g/mol. The molecule has 0 saturated heterocycles. The minimum Gasteiger partial charge on any atom is -0.496 e. The molecule has 1 unspecified atom stereocenters. The summed E-state index contributed by atoms with van der Waals surface area (Å²) in [5.74, 6) is 0.750. The van der Waals surface area contributed by atoms with Crippen molar-refractivity contribution in [1.82, 2.24) is 15.3 Å². The molecule has 1 aliphatic carbocycles. The van der Waals surface area contributed by atoms with Crippen LogP contribution in [-0.4, -0.2) is 29.0 Å². The highest BCUT2D eigenvalue weighted by Crippen LogP contribution is 2.34. The summed E-state index contributed by atoms with van der Waals surface area (Å²) in [5, 5.41) is 3.08. The molecule has 2 aromatic heterocycles. The van der Waals surface area contributed by atoms with Gasteiger partial charge in [-0.15, -0.1) is 0 Å². The number of oxazole rings is 1. The van der Waals surface area contributed by atoms with Crippen molar-refractivity contribution in [2.24, 2.45) is 0 Å². The van der Waals surface area contributed by atoms with Gasteiger partial charge in [0.1, 0.15) is 11.6 Å². The standard InChI is InChI=1S/C22H21FIN3O3/c1-29-19-6-5-14(9-18(19)24)21-20(26-12-30-21)22(28)27-17-4-2-3-13(8-17)15-7-16(23)11-25-10-15/h5-7,9-13,17H,2-4,8H2,1H3,(H,27,28)/t13-,17?/m0/s1. The van der Waals surface area contributed by atoms with E-state index in [9.17, 15) is 9.18 Å². The Bertz CT molecular complexity index is 1060. The van der Waals surface area contributed by atoms with Crippen LogP contribution >= 0.6 is 22.6 Å². The van der Waals surface area contributed by atoms with Crippen molar-refractivity contribution in [3.05, 3.63) is 63.7 Å². The highest BCUT2D eigenvalue weighted by molar-refractivity contribution is 14.1. The van der Waals surface area contributed by atoms with Crippen molar-refractivity contribution in [2.75, 3.05) is 7.11 Å². The molecule has 8 heteroatoms. The Morgan fingerprint density at radius 3 is 2.93 bits per heavy atom. The molecule has 1 aromatic carbocycles. The van der Waals surface area contributed by atoms with E-state index >= 15 is 0 Å². The van der Waals surface area contributed by atoms with Gasteiger partial charge in [0.15, 0.2) is 17.8 Å². The molecule has 0 bridgehead atoms. The number of ether oxygens (including phenoxy) is 1. The van der Waals surface area contributed by atoms with Gasteiger partial charge >= 0.3 is 0 Å². The lowest BCUT2D eigenvalue weighted by molar-refractivity contribution is 0.0921. The van der Waals surface area contributed by atoms with Gasteiger partial charge in [-0.25, -0.2) is 9.37 Å². The summed E-state index contributed by atoms with van der Waals surface area (Å²) >= 11 is 2.18.